The maximum absolute atomic E-state index is 12.4. The van der Waals surface area contributed by atoms with Crippen molar-refractivity contribution in [1.29, 1.82) is 0 Å². The molecular formula is C16H13ClF3N3O3. The van der Waals surface area contributed by atoms with Gasteiger partial charge in [0.15, 0.2) is 0 Å². The Morgan fingerprint density at radius 3 is 2.42 bits per heavy atom. The average Bonchev–Trinajstić information content (AvgIpc) is 2.52. The van der Waals surface area contributed by atoms with E-state index in [-0.39, 0.29) is 11.3 Å². The molecule has 138 valence electrons. The molecule has 2 aromatic carbocycles. The van der Waals surface area contributed by atoms with Gasteiger partial charge >= 0.3 is 12.4 Å². The Morgan fingerprint density at radius 2 is 1.81 bits per heavy atom. The lowest BCUT2D eigenvalue weighted by Crippen LogP contribution is -2.24. The summed E-state index contributed by atoms with van der Waals surface area (Å²) in [6.07, 6.45) is -4.91. The van der Waals surface area contributed by atoms with Gasteiger partial charge in [-0.25, -0.2) is 4.79 Å². The summed E-state index contributed by atoms with van der Waals surface area (Å²) in [5.41, 5.74) is 0.160. The number of carbonyl (C=O) groups excluding carboxylic acids is 2. The molecule has 2 rings (SSSR count). The number of carbonyl (C=O) groups is 2. The largest absolute Gasteiger partial charge is 0.573 e. The number of benzene rings is 2. The molecule has 3 amide bonds. The van der Waals surface area contributed by atoms with E-state index in [1.807, 2.05) is 0 Å². The third-order valence-electron chi connectivity index (χ3n) is 3.03. The van der Waals surface area contributed by atoms with Gasteiger partial charge in [0.2, 0.25) is 0 Å². The Hall–Kier alpha value is -2.94. The molecule has 0 aliphatic carbocycles. The smallest absolute Gasteiger partial charge is 0.406 e. The van der Waals surface area contributed by atoms with Crippen LogP contribution in [0.15, 0.2) is 42.5 Å². The van der Waals surface area contributed by atoms with E-state index in [0.29, 0.717) is 10.7 Å². The molecule has 6 nitrogen and oxygen atoms in total. The van der Waals surface area contributed by atoms with E-state index in [0.717, 1.165) is 18.2 Å². The topological polar surface area (TPSA) is 79.5 Å². The molecule has 0 aromatic heterocycles. The van der Waals surface area contributed by atoms with Crippen LogP contribution in [-0.2, 0) is 0 Å². The van der Waals surface area contributed by atoms with Crippen LogP contribution in [0, 0.1) is 0 Å². The number of amides is 3. The van der Waals surface area contributed by atoms with Gasteiger partial charge in [-0.2, -0.15) is 0 Å². The Kier molecular flexibility index (Phi) is 5.93. The molecule has 3 N–H and O–H groups in total. The molecule has 26 heavy (non-hydrogen) atoms. The molecule has 0 saturated heterocycles. The summed E-state index contributed by atoms with van der Waals surface area (Å²) >= 11 is 5.81. The van der Waals surface area contributed by atoms with E-state index >= 15 is 0 Å². The number of rotatable bonds is 4. The number of urea groups is 1. The first-order valence-corrected chi connectivity index (χ1v) is 7.51. The van der Waals surface area contributed by atoms with Crippen LogP contribution in [0.1, 0.15) is 10.4 Å². The Morgan fingerprint density at radius 1 is 1.08 bits per heavy atom. The van der Waals surface area contributed by atoms with Gasteiger partial charge in [0.05, 0.1) is 11.3 Å². The molecule has 0 radical (unpaired) electrons. The fourth-order valence-corrected chi connectivity index (χ4v) is 2.20. The van der Waals surface area contributed by atoms with E-state index in [1.165, 1.54) is 13.1 Å². The second kappa shape index (κ2) is 7.96. The molecule has 0 aliphatic rings. The van der Waals surface area contributed by atoms with Crippen molar-refractivity contribution in [3.63, 3.8) is 0 Å². The number of ether oxygens (including phenoxy) is 1. The first-order valence-electron chi connectivity index (χ1n) is 7.13. The van der Waals surface area contributed by atoms with Crippen LogP contribution >= 0.6 is 11.6 Å². The van der Waals surface area contributed by atoms with Crippen LogP contribution in [0.2, 0.25) is 5.02 Å². The average molecular weight is 388 g/mol. The van der Waals surface area contributed by atoms with Crippen molar-refractivity contribution in [1.82, 2.24) is 5.32 Å². The Bertz CT molecular complexity index is 828. The van der Waals surface area contributed by atoms with Gasteiger partial charge in [0.1, 0.15) is 5.75 Å². The fraction of sp³-hybridized carbons (Fsp3) is 0.125. The van der Waals surface area contributed by atoms with Gasteiger partial charge < -0.3 is 20.7 Å². The zero-order valence-corrected chi connectivity index (χ0v) is 14.0. The number of halogens is 4. The van der Waals surface area contributed by atoms with E-state index in [4.69, 9.17) is 11.6 Å². The molecule has 0 aliphatic heterocycles. The second-order valence-corrected chi connectivity index (χ2v) is 5.36. The van der Waals surface area contributed by atoms with Crippen molar-refractivity contribution in [3.05, 3.63) is 53.1 Å². The second-order valence-electron chi connectivity index (χ2n) is 4.92. The van der Waals surface area contributed by atoms with Crippen molar-refractivity contribution in [2.75, 3.05) is 17.7 Å². The number of alkyl halides is 3. The molecular weight excluding hydrogens is 375 g/mol. The predicted molar refractivity (Wildman–Crippen MR) is 90.6 cm³/mol. The van der Waals surface area contributed by atoms with Crippen molar-refractivity contribution < 1.29 is 27.5 Å². The Balaban J connectivity index is 2.25. The molecule has 0 saturated carbocycles. The van der Waals surface area contributed by atoms with Gasteiger partial charge in [-0.15, -0.1) is 13.2 Å². The summed E-state index contributed by atoms with van der Waals surface area (Å²) in [7, 11) is 1.35. The summed E-state index contributed by atoms with van der Waals surface area (Å²) in [5, 5.41) is 7.48. The van der Waals surface area contributed by atoms with Crippen LogP contribution in [0.4, 0.5) is 29.3 Å². The fourth-order valence-electron chi connectivity index (χ4n) is 2.01. The minimum atomic E-state index is -4.91. The summed E-state index contributed by atoms with van der Waals surface area (Å²) in [6.45, 7) is 0. The highest BCUT2D eigenvalue weighted by Crippen LogP contribution is 2.28. The zero-order chi connectivity index (χ0) is 19.3. The highest BCUT2D eigenvalue weighted by atomic mass is 35.5. The predicted octanol–water partition coefficient (Wildman–Crippen LogP) is 4.24. The molecule has 0 unspecified atom stereocenters. The van der Waals surface area contributed by atoms with Gasteiger partial charge in [0, 0.05) is 23.8 Å². The van der Waals surface area contributed by atoms with Gasteiger partial charge in [-0.3, -0.25) is 4.79 Å². The van der Waals surface area contributed by atoms with Crippen LogP contribution in [0.25, 0.3) is 0 Å². The molecule has 0 spiro atoms. The van der Waals surface area contributed by atoms with Crippen LogP contribution in [0.5, 0.6) is 5.75 Å². The minimum absolute atomic E-state index is 0.0386. The number of anilines is 2. The number of hydrogen-bond acceptors (Lipinski definition) is 3. The summed E-state index contributed by atoms with van der Waals surface area (Å²) < 4.78 is 40.9. The molecule has 0 fully saturated rings. The number of nitrogens with one attached hydrogen (secondary N) is 3. The lowest BCUT2D eigenvalue weighted by molar-refractivity contribution is -0.274. The van der Waals surface area contributed by atoms with Crippen LogP contribution < -0.4 is 20.7 Å². The molecule has 2 aromatic rings. The molecule has 0 atom stereocenters. The van der Waals surface area contributed by atoms with E-state index < -0.39 is 24.1 Å². The minimum Gasteiger partial charge on any atom is -0.406 e. The maximum Gasteiger partial charge on any atom is 0.573 e. The third-order valence-corrected chi connectivity index (χ3v) is 3.26. The van der Waals surface area contributed by atoms with Gasteiger partial charge in [-0.05, 0) is 30.3 Å². The molecule has 0 bridgehead atoms. The van der Waals surface area contributed by atoms with E-state index in [9.17, 15) is 22.8 Å². The van der Waals surface area contributed by atoms with Crippen molar-refractivity contribution in [3.8, 4) is 5.75 Å². The highest BCUT2D eigenvalue weighted by Gasteiger charge is 2.31. The standard InChI is InChI=1S/C16H13ClF3N3O3/c1-21-14(24)12-6-5-11(26-16(18,19)20)8-13(12)23-15(25)22-10-4-2-3-9(17)7-10/h2-8H,1H3,(H,21,24)(H2,22,23,25). The monoisotopic (exact) mass is 387 g/mol. The van der Waals surface area contributed by atoms with Crippen LogP contribution in [-0.4, -0.2) is 25.3 Å². The van der Waals surface area contributed by atoms with Crippen molar-refractivity contribution in [2.24, 2.45) is 0 Å². The van der Waals surface area contributed by atoms with Gasteiger partial charge in [0.25, 0.3) is 5.91 Å². The van der Waals surface area contributed by atoms with Gasteiger partial charge in [-0.1, -0.05) is 17.7 Å². The third kappa shape index (κ3) is 5.55. The van der Waals surface area contributed by atoms with Crippen molar-refractivity contribution in [2.45, 2.75) is 6.36 Å². The summed E-state index contributed by atoms with van der Waals surface area (Å²) in [4.78, 5) is 23.9. The first kappa shape index (κ1) is 19.4. The lowest BCUT2D eigenvalue weighted by Gasteiger charge is -2.14. The molecule has 10 heteroatoms. The van der Waals surface area contributed by atoms with E-state index in [1.54, 1.807) is 18.2 Å². The quantitative estimate of drug-likeness (QED) is 0.734. The summed E-state index contributed by atoms with van der Waals surface area (Å²) in [6, 6.07) is 8.44. The Labute approximate surface area is 151 Å². The SMILES string of the molecule is CNC(=O)c1ccc(OC(F)(F)F)cc1NC(=O)Nc1cccc(Cl)c1. The normalized spacial score (nSPS) is 10.8. The highest BCUT2D eigenvalue weighted by molar-refractivity contribution is 6.30. The lowest BCUT2D eigenvalue weighted by atomic mass is 10.1. The zero-order valence-electron chi connectivity index (χ0n) is 13.3. The summed E-state index contributed by atoms with van der Waals surface area (Å²) in [5.74, 6) is -1.18. The number of hydrogen-bond donors (Lipinski definition) is 3. The molecule has 0 heterocycles. The van der Waals surface area contributed by atoms with Crippen molar-refractivity contribution >= 4 is 34.9 Å². The van der Waals surface area contributed by atoms with Crippen LogP contribution in [0.3, 0.4) is 0 Å². The maximum atomic E-state index is 12.4. The first-order chi connectivity index (χ1) is 12.2. The van der Waals surface area contributed by atoms with E-state index in [2.05, 4.69) is 20.7 Å².